The molecule has 6 nitrogen and oxygen atoms in total. The molecule has 3 amide bonds. The second-order valence-electron chi connectivity index (χ2n) is 5.93. The lowest BCUT2D eigenvalue weighted by molar-refractivity contribution is 0.0996. The van der Waals surface area contributed by atoms with Crippen LogP contribution in [0.25, 0.3) is 0 Å². The van der Waals surface area contributed by atoms with Gasteiger partial charge in [-0.15, -0.1) is 0 Å². The lowest BCUT2D eigenvalue weighted by Gasteiger charge is -2.18. The summed E-state index contributed by atoms with van der Waals surface area (Å²) in [6.07, 6.45) is 0.832. The number of nitrogens with one attached hydrogen (secondary N) is 2. The van der Waals surface area contributed by atoms with Gasteiger partial charge < -0.3 is 21.3 Å². The van der Waals surface area contributed by atoms with Crippen molar-refractivity contribution in [2.24, 2.45) is 5.73 Å². The van der Waals surface area contributed by atoms with Crippen molar-refractivity contribution in [1.29, 1.82) is 0 Å². The Labute approximate surface area is 144 Å². The molecule has 3 rings (SSSR count). The molecule has 1 aliphatic heterocycles. The zero-order valence-corrected chi connectivity index (χ0v) is 13.5. The third-order valence-electron chi connectivity index (χ3n) is 4.10. The molecule has 0 radical (unpaired) electrons. The van der Waals surface area contributed by atoms with Gasteiger partial charge in [-0.05, 0) is 36.8 Å². The molecule has 25 heavy (non-hydrogen) atoms. The van der Waals surface area contributed by atoms with Gasteiger partial charge in [0.05, 0.1) is 5.56 Å². The molecule has 0 aliphatic carbocycles. The van der Waals surface area contributed by atoms with Gasteiger partial charge in [0.25, 0.3) is 5.91 Å². The molecular formula is C18H19FN4O2. The van der Waals surface area contributed by atoms with E-state index in [1.54, 1.807) is 4.90 Å². The van der Waals surface area contributed by atoms with Crippen LogP contribution in [-0.2, 0) is 0 Å². The maximum atomic E-state index is 13.5. The summed E-state index contributed by atoms with van der Waals surface area (Å²) in [5.41, 5.74) is 6.22. The summed E-state index contributed by atoms with van der Waals surface area (Å²) in [6.45, 7) is 1.17. The van der Waals surface area contributed by atoms with Gasteiger partial charge in [0, 0.05) is 30.5 Å². The molecule has 1 atom stereocenters. The molecular weight excluding hydrogens is 323 g/mol. The van der Waals surface area contributed by atoms with Crippen molar-refractivity contribution in [2.45, 2.75) is 12.5 Å². The van der Waals surface area contributed by atoms with Gasteiger partial charge in [-0.3, -0.25) is 4.79 Å². The van der Waals surface area contributed by atoms with Crippen LogP contribution in [0.4, 0.5) is 20.6 Å². The number of primary amides is 1. The Morgan fingerprint density at radius 1 is 1.12 bits per heavy atom. The van der Waals surface area contributed by atoms with Crippen LogP contribution in [0.3, 0.4) is 0 Å². The standard InChI is InChI=1S/C18H19FN4O2/c19-16-7-6-13(10-15(16)17(20)24)22-18(25)23-9-8-14(11-23)21-12-4-2-1-3-5-12/h1-7,10,14,21H,8-9,11H2,(H2,20,24)(H,22,25). The molecule has 2 aromatic rings. The van der Waals surface area contributed by atoms with E-state index in [0.29, 0.717) is 18.8 Å². The maximum Gasteiger partial charge on any atom is 0.321 e. The van der Waals surface area contributed by atoms with Crippen molar-refractivity contribution in [3.8, 4) is 0 Å². The monoisotopic (exact) mass is 342 g/mol. The van der Waals surface area contributed by atoms with Gasteiger partial charge in [-0.1, -0.05) is 18.2 Å². The average Bonchev–Trinajstić information content (AvgIpc) is 3.06. The van der Waals surface area contributed by atoms with Crippen LogP contribution in [0, 0.1) is 5.82 Å². The number of rotatable bonds is 4. The number of halogens is 1. The van der Waals surface area contributed by atoms with Crippen molar-refractivity contribution < 1.29 is 14.0 Å². The fourth-order valence-electron chi connectivity index (χ4n) is 2.83. The molecule has 1 saturated heterocycles. The van der Waals surface area contributed by atoms with Crippen molar-refractivity contribution in [1.82, 2.24) is 4.90 Å². The Kier molecular flexibility index (Phi) is 4.83. The second kappa shape index (κ2) is 7.21. The highest BCUT2D eigenvalue weighted by Crippen LogP contribution is 2.18. The highest BCUT2D eigenvalue weighted by molar-refractivity contribution is 5.96. The lowest BCUT2D eigenvalue weighted by Crippen LogP contribution is -2.35. The third-order valence-corrected chi connectivity index (χ3v) is 4.10. The van der Waals surface area contributed by atoms with Crippen LogP contribution in [0.1, 0.15) is 16.8 Å². The van der Waals surface area contributed by atoms with E-state index in [1.807, 2.05) is 30.3 Å². The summed E-state index contributed by atoms with van der Waals surface area (Å²) in [5.74, 6) is -1.58. The van der Waals surface area contributed by atoms with E-state index in [1.165, 1.54) is 12.1 Å². The molecule has 1 fully saturated rings. The number of benzene rings is 2. The molecule has 7 heteroatoms. The molecule has 1 aliphatic rings. The first-order chi connectivity index (χ1) is 12.0. The van der Waals surface area contributed by atoms with Crippen molar-refractivity contribution >= 4 is 23.3 Å². The number of likely N-dealkylation sites (tertiary alicyclic amines) is 1. The predicted octanol–water partition coefficient (Wildman–Crippen LogP) is 2.64. The molecule has 4 N–H and O–H groups in total. The average molecular weight is 342 g/mol. The van der Waals surface area contributed by atoms with E-state index >= 15 is 0 Å². The summed E-state index contributed by atoms with van der Waals surface area (Å²) in [4.78, 5) is 25.2. The third kappa shape index (κ3) is 4.06. The number of hydrogen-bond acceptors (Lipinski definition) is 3. The van der Waals surface area contributed by atoms with Gasteiger partial charge in [-0.2, -0.15) is 0 Å². The van der Waals surface area contributed by atoms with Crippen LogP contribution < -0.4 is 16.4 Å². The number of carbonyl (C=O) groups excluding carboxylic acids is 2. The van der Waals surface area contributed by atoms with Crippen molar-refractivity contribution in [2.75, 3.05) is 23.7 Å². The number of amides is 3. The van der Waals surface area contributed by atoms with Gasteiger partial charge in [0.1, 0.15) is 5.82 Å². The Morgan fingerprint density at radius 2 is 1.88 bits per heavy atom. The minimum absolute atomic E-state index is 0.169. The molecule has 1 heterocycles. The molecule has 1 unspecified atom stereocenters. The fourth-order valence-corrected chi connectivity index (χ4v) is 2.83. The molecule has 0 aromatic heterocycles. The number of para-hydroxylation sites is 1. The number of nitrogens with two attached hydrogens (primary N) is 1. The molecule has 130 valence electrons. The smallest absolute Gasteiger partial charge is 0.321 e. The van der Waals surface area contributed by atoms with E-state index in [-0.39, 0.29) is 17.6 Å². The Balaban J connectivity index is 1.59. The Hall–Kier alpha value is -3.09. The highest BCUT2D eigenvalue weighted by atomic mass is 19.1. The zero-order valence-electron chi connectivity index (χ0n) is 13.5. The summed E-state index contributed by atoms with van der Waals surface area (Å²) in [5, 5.41) is 6.06. The summed E-state index contributed by atoms with van der Waals surface area (Å²) in [7, 11) is 0. The Morgan fingerprint density at radius 3 is 2.60 bits per heavy atom. The minimum atomic E-state index is -0.873. The van der Waals surface area contributed by atoms with Crippen LogP contribution >= 0.6 is 0 Å². The number of urea groups is 1. The van der Waals surface area contributed by atoms with Crippen LogP contribution in [0.15, 0.2) is 48.5 Å². The fraction of sp³-hybridized carbons (Fsp3) is 0.222. The normalized spacial score (nSPS) is 16.5. The first-order valence-electron chi connectivity index (χ1n) is 8.00. The summed E-state index contributed by atoms with van der Waals surface area (Å²) < 4.78 is 13.5. The van der Waals surface area contributed by atoms with E-state index in [4.69, 9.17) is 5.73 Å². The van der Waals surface area contributed by atoms with Crippen LogP contribution in [0.2, 0.25) is 0 Å². The van der Waals surface area contributed by atoms with Crippen molar-refractivity contribution in [3.63, 3.8) is 0 Å². The molecule has 0 saturated carbocycles. The van der Waals surface area contributed by atoms with Crippen LogP contribution in [-0.4, -0.2) is 36.0 Å². The summed E-state index contributed by atoms with van der Waals surface area (Å²) in [6, 6.07) is 13.4. The Bertz CT molecular complexity index is 782. The minimum Gasteiger partial charge on any atom is -0.380 e. The van der Waals surface area contributed by atoms with E-state index in [9.17, 15) is 14.0 Å². The highest BCUT2D eigenvalue weighted by Gasteiger charge is 2.26. The number of carbonyl (C=O) groups is 2. The number of hydrogen-bond donors (Lipinski definition) is 3. The second-order valence-corrected chi connectivity index (χ2v) is 5.93. The maximum absolute atomic E-state index is 13.5. The molecule has 2 aromatic carbocycles. The lowest BCUT2D eigenvalue weighted by atomic mass is 10.2. The van der Waals surface area contributed by atoms with Gasteiger partial charge in [-0.25, -0.2) is 9.18 Å². The largest absolute Gasteiger partial charge is 0.380 e. The quantitative estimate of drug-likeness (QED) is 0.798. The molecule has 0 bridgehead atoms. The van der Waals surface area contributed by atoms with E-state index < -0.39 is 11.7 Å². The topological polar surface area (TPSA) is 87.5 Å². The first kappa shape index (κ1) is 16.8. The van der Waals surface area contributed by atoms with Gasteiger partial charge in [0.15, 0.2) is 0 Å². The number of nitrogens with zero attached hydrogens (tertiary/aromatic N) is 1. The van der Waals surface area contributed by atoms with Crippen molar-refractivity contribution in [3.05, 3.63) is 59.9 Å². The van der Waals surface area contributed by atoms with E-state index in [2.05, 4.69) is 10.6 Å². The zero-order chi connectivity index (χ0) is 17.8. The van der Waals surface area contributed by atoms with Gasteiger partial charge >= 0.3 is 6.03 Å². The SMILES string of the molecule is NC(=O)c1cc(NC(=O)N2CCC(Nc3ccccc3)C2)ccc1F. The predicted molar refractivity (Wildman–Crippen MR) is 94.0 cm³/mol. The number of anilines is 2. The first-order valence-corrected chi connectivity index (χ1v) is 8.00. The van der Waals surface area contributed by atoms with E-state index in [0.717, 1.165) is 18.2 Å². The van der Waals surface area contributed by atoms with Crippen LogP contribution in [0.5, 0.6) is 0 Å². The van der Waals surface area contributed by atoms with Gasteiger partial charge in [0.2, 0.25) is 0 Å². The molecule has 0 spiro atoms. The summed E-state index contributed by atoms with van der Waals surface area (Å²) >= 11 is 0.